The lowest BCUT2D eigenvalue weighted by Gasteiger charge is -2.29. The lowest BCUT2D eigenvalue weighted by atomic mass is 9.80. The third kappa shape index (κ3) is 5.90. The zero-order chi connectivity index (χ0) is 16.0. The molecule has 21 heavy (non-hydrogen) atoms. The van der Waals surface area contributed by atoms with Gasteiger partial charge in [0.1, 0.15) is 0 Å². The molecule has 4 nitrogen and oxygen atoms in total. The van der Waals surface area contributed by atoms with Crippen LogP contribution < -0.4 is 11.1 Å². The topological polar surface area (TPSA) is 72.2 Å². The Morgan fingerprint density at radius 3 is 2.29 bits per heavy atom. The van der Waals surface area contributed by atoms with Crippen LogP contribution in [-0.2, 0) is 9.59 Å². The maximum atomic E-state index is 12.6. The van der Waals surface area contributed by atoms with Crippen LogP contribution in [0.4, 0.5) is 0 Å². The van der Waals surface area contributed by atoms with Gasteiger partial charge in [-0.05, 0) is 39.5 Å². The molecule has 1 saturated carbocycles. The predicted octanol–water partition coefficient (Wildman–Crippen LogP) is 2.78. The Hall–Kier alpha value is -1.32. The van der Waals surface area contributed by atoms with E-state index in [0.717, 1.165) is 19.3 Å². The Balaban J connectivity index is 2.87. The Morgan fingerprint density at radius 2 is 1.86 bits per heavy atom. The molecule has 0 radical (unpaired) electrons. The number of nitrogens with one attached hydrogen (secondary N) is 1. The van der Waals surface area contributed by atoms with Gasteiger partial charge >= 0.3 is 0 Å². The molecule has 0 heterocycles. The molecule has 1 fully saturated rings. The third-order valence-corrected chi connectivity index (χ3v) is 4.17. The number of hydrogen-bond donors (Lipinski definition) is 2. The second-order valence-electron chi connectivity index (χ2n) is 7.27. The van der Waals surface area contributed by atoms with E-state index >= 15 is 0 Å². The van der Waals surface area contributed by atoms with Gasteiger partial charge in [0.05, 0.1) is 11.8 Å². The number of allylic oxidation sites excluding steroid dienone is 1. The van der Waals surface area contributed by atoms with Crippen molar-refractivity contribution >= 4 is 11.8 Å². The van der Waals surface area contributed by atoms with E-state index in [0.29, 0.717) is 12.3 Å². The van der Waals surface area contributed by atoms with Gasteiger partial charge < -0.3 is 11.1 Å². The van der Waals surface area contributed by atoms with Crippen molar-refractivity contribution in [1.82, 2.24) is 5.32 Å². The monoisotopic (exact) mass is 294 g/mol. The third-order valence-electron chi connectivity index (χ3n) is 4.17. The number of hydrogen-bond acceptors (Lipinski definition) is 2. The standard InChI is InChI=1S/C17H30N2O2/c1-5-8-13(15(18)20)14(11-12-9-6-7-10-12)16(21)19-17(2,3)4/h5,12-14H,1,6-11H2,2-4H3,(H2,18,20)(H,19,21)/t13-,14+/m0/s1. The molecule has 3 N–H and O–H groups in total. The molecule has 0 unspecified atom stereocenters. The highest BCUT2D eigenvalue weighted by molar-refractivity contribution is 5.87. The minimum atomic E-state index is -0.453. The first-order valence-electron chi connectivity index (χ1n) is 7.97. The number of nitrogens with two attached hydrogens (primary N) is 1. The van der Waals surface area contributed by atoms with E-state index in [1.807, 2.05) is 20.8 Å². The van der Waals surface area contributed by atoms with Crippen LogP contribution in [0, 0.1) is 17.8 Å². The Kier molecular flexibility index (Phi) is 6.43. The number of carbonyl (C=O) groups excluding carboxylic acids is 2. The van der Waals surface area contributed by atoms with Crippen molar-refractivity contribution in [2.75, 3.05) is 0 Å². The van der Waals surface area contributed by atoms with Crippen molar-refractivity contribution in [1.29, 1.82) is 0 Å². The summed E-state index contributed by atoms with van der Waals surface area (Å²) in [5, 5.41) is 3.01. The van der Waals surface area contributed by atoms with Crippen molar-refractivity contribution in [3.05, 3.63) is 12.7 Å². The van der Waals surface area contributed by atoms with Gasteiger partial charge in [0, 0.05) is 5.54 Å². The summed E-state index contributed by atoms with van der Waals surface area (Å²) in [5.74, 6) is -0.720. The predicted molar refractivity (Wildman–Crippen MR) is 85.5 cm³/mol. The van der Waals surface area contributed by atoms with Gasteiger partial charge in [-0.3, -0.25) is 9.59 Å². The SMILES string of the molecule is C=CC[C@H](C(N)=O)[C@@H](CC1CCCC1)C(=O)NC(C)(C)C. The maximum Gasteiger partial charge on any atom is 0.224 e. The second kappa shape index (κ2) is 7.62. The van der Waals surface area contributed by atoms with E-state index in [9.17, 15) is 9.59 Å². The number of carbonyl (C=O) groups is 2. The van der Waals surface area contributed by atoms with Crippen LogP contribution in [0.2, 0.25) is 0 Å². The summed E-state index contributed by atoms with van der Waals surface area (Å²) in [6.07, 6.45) is 7.65. The molecule has 4 heteroatoms. The van der Waals surface area contributed by atoms with Crippen molar-refractivity contribution < 1.29 is 9.59 Å². The van der Waals surface area contributed by atoms with Crippen LogP contribution in [0.15, 0.2) is 12.7 Å². The molecule has 120 valence electrons. The van der Waals surface area contributed by atoms with Crippen molar-refractivity contribution in [2.45, 2.75) is 64.8 Å². The lowest BCUT2D eigenvalue weighted by Crippen LogP contribution is -2.48. The van der Waals surface area contributed by atoms with Crippen LogP contribution >= 0.6 is 0 Å². The molecule has 2 atom stereocenters. The van der Waals surface area contributed by atoms with Gasteiger partial charge in [-0.2, -0.15) is 0 Å². The molecule has 2 amide bonds. The summed E-state index contributed by atoms with van der Waals surface area (Å²) in [6, 6.07) is 0. The van der Waals surface area contributed by atoms with Gasteiger partial charge in [0.25, 0.3) is 0 Å². The van der Waals surface area contributed by atoms with Crippen LogP contribution in [0.1, 0.15) is 59.3 Å². The molecule has 0 aliphatic heterocycles. The van der Waals surface area contributed by atoms with Crippen LogP contribution in [-0.4, -0.2) is 17.4 Å². The zero-order valence-electron chi connectivity index (χ0n) is 13.7. The Morgan fingerprint density at radius 1 is 1.29 bits per heavy atom. The first-order valence-corrected chi connectivity index (χ1v) is 7.97. The molecule has 1 aliphatic rings. The van der Waals surface area contributed by atoms with Crippen LogP contribution in [0.3, 0.4) is 0 Å². The molecular formula is C17H30N2O2. The molecule has 1 aliphatic carbocycles. The fourth-order valence-corrected chi connectivity index (χ4v) is 3.18. The van der Waals surface area contributed by atoms with E-state index in [-0.39, 0.29) is 17.4 Å². The van der Waals surface area contributed by atoms with E-state index in [4.69, 9.17) is 5.73 Å². The highest BCUT2D eigenvalue weighted by Gasteiger charge is 2.35. The molecule has 0 saturated heterocycles. The van der Waals surface area contributed by atoms with Crippen molar-refractivity contribution in [3.63, 3.8) is 0 Å². The molecular weight excluding hydrogens is 264 g/mol. The normalized spacial score (nSPS) is 19.0. The quantitative estimate of drug-likeness (QED) is 0.709. The minimum absolute atomic E-state index is 0.0555. The van der Waals surface area contributed by atoms with Gasteiger partial charge in [0.15, 0.2) is 0 Å². The first-order chi connectivity index (χ1) is 9.74. The highest BCUT2D eigenvalue weighted by atomic mass is 16.2. The highest BCUT2D eigenvalue weighted by Crippen LogP contribution is 2.34. The largest absolute Gasteiger partial charge is 0.369 e. The summed E-state index contributed by atoms with van der Waals surface area (Å²) in [6.45, 7) is 9.54. The average Bonchev–Trinajstić information content (AvgIpc) is 2.83. The van der Waals surface area contributed by atoms with Crippen molar-refractivity contribution in [3.8, 4) is 0 Å². The van der Waals surface area contributed by atoms with E-state index in [1.54, 1.807) is 6.08 Å². The van der Waals surface area contributed by atoms with E-state index < -0.39 is 11.8 Å². The van der Waals surface area contributed by atoms with Gasteiger partial charge in [-0.15, -0.1) is 6.58 Å². The molecule has 0 aromatic rings. The summed E-state index contributed by atoms with van der Waals surface area (Å²) >= 11 is 0. The summed E-state index contributed by atoms with van der Waals surface area (Å²) in [7, 11) is 0. The number of rotatable bonds is 7. The lowest BCUT2D eigenvalue weighted by molar-refractivity contribution is -0.135. The first kappa shape index (κ1) is 17.7. The average molecular weight is 294 g/mol. The fraction of sp³-hybridized carbons (Fsp3) is 0.765. The summed E-state index contributed by atoms with van der Waals surface area (Å²) < 4.78 is 0. The second-order valence-corrected chi connectivity index (χ2v) is 7.27. The van der Waals surface area contributed by atoms with E-state index in [2.05, 4.69) is 11.9 Å². The Bertz CT molecular complexity index is 379. The van der Waals surface area contributed by atoms with Crippen molar-refractivity contribution in [2.24, 2.45) is 23.5 Å². The number of amides is 2. The smallest absolute Gasteiger partial charge is 0.224 e. The maximum absolute atomic E-state index is 12.6. The van der Waals surface area contributed by atoms with Crippen LogP contribution in [0.5, 0.6) is 0 Å². The van der Waals surface area contributed by atoms with Crippen LogP contribution in [0.25, 0.3) is 0 Å². The zero-order valence-corrected chi connectivity index (χ0v) is 13.7. The molecule has 0 spiro atoms. The van der Waals surface area contributed by atoms with E-state index in [1.165, 1.54) is 12.8 Å². The molecule has 0 aromatic carbocycles. The Labute approximate surface area is 128 Å². The fourth-order valence-electron chi connectivity index (χ4n) is 3.18. The van der Waals surface area contributed by atoms with Gasteiger partial charge in [-0.1, -0.05) is 31.8 Å². The van der Waals surface area contributed by atoms with Gasteiger partial charge in [-0.25, -0.2) is 0 Å². The number of primary amides is 1. The summed E-state index contributed by atoms with van der Waals surface area (Å²) in [4.78, 5) is 24.4. The molecule has 0 aromatic heterocycles. The van der Waals surface area contributed by atoms with Gasteiger partial charge in [0.2, 0.25) is 11.8 Å². The minimum Gasteiger partial charge on any atom is -0.369 e. The molecule has 0 bridgehead atoms. The summed E-state index contributed by atoms with van der Waals surface area (Å²) in [5.41, 5.74) is 5.23. The molecule has 1 rings (SSSR count).